The van der Waals surface area contributed by atoms with E-state index in [2.05, 4.69) is 5.32 Å². The second kappa shape index (κ2) is 5.98. The second-order valence-corrected chi connectivity index (χ2v) is 6.31. The summed E-state index contributed by atoms with van der Waals surface area (Å²) in [5, 5.41) is 2.98. The highest BCUT2D eigenvalue weighted by molar-refractivity contribution is 6.00. The molecule has 1 unspecified atom stereocenters. The zero-order valence-corrected chi connectivity index (χ0v) is 12.8. The first-order chi connectivity index (χ1) is 9.53. The van der Waals surface area contributed by atoms with Gasteiger partial charge in [0.15, 0.2) is 0 Å². The van der Waals surface area contributed by atoms with Gasteiger partial charge in [-0.2, -0.15) is 0 Å². The molecule has 0 aromatic heterocycles. The SMILES string of the molecule is C/C=C/CN1C(=O)C(C(C)C)NC(=O)C12CCCCC2. The molecule has 4 nitrogen and oxygen atoms in total. The molecule has 0 aromatic rings. The Kier molecular flexibility index (Phi) is 4.51. The Bertz CT molecular complexity index is 409. The molecule has 1 N–H and O–H groups in total. The summed E-state index contributed by atoms with van der Waals surface area (Å²) < 4.78 is 0. The molecule has 2 aliphatic rings. The van der Waals surface area contributed by atoms with Gasteiger partial charge in [0.05, 0.1) is 0 Å². The molecule has 20 heavy (non-hydrogen) atoms. The van der Waals surface area contributed by atoms with Crippen LogP contribution in [0.15, 0.2) is 12.2 Å². The molecule has 4 heteroatoms. The maximum Gasteiger partial charge on any atom is 0.246 e. The smallest absolute Gasteiger partial charge is 0.246 e. The van der Waals surface area contributed by atoms with Gasteiger partial charge in [-0.1, -0.05) is 45.3 Å². The molecule has 1 heterocycles. The van der Waals surface area contributed by atoms with E-state index < -0.39 is 5.54 Å². The molecule has 1 atom stereocenters. The Morgan fingerprint density at radius 3 is 2.50 bits per heavy atom. The van der Waals surface area contributed by atoms with Crippen LogP contribution in [0.1, 0.15) is 52.9 Å². The van der Waals surface area contributed by atoms with Crippen molar-refractivity contribution in [1.29, 1.82) is 0 Å². The monoisotopic (exact) mass is 278 g/mol. The number of nitrogens with one attached hydrogen (secondary N) is 1. The Labute approximate surface area is 121 Å². The van der Waals surface area contributed by atoms with Crippen LogP contribution in [-0.2, 0) is 9.59 Å². The molecule has 1 spiro atoms. The molecule has 0 bridgehead atoms. The molecule has 1 saturated heterocycles. The Hall–Kier alpha value is -1.32. The summed E-state index contributed by atoms with van der Waals surface area (Å²) in [5.41, 5.74) is -0.597. The van der Waals surface area contributed by atoms with Gasteiger partial charge in [0.1, 0.15) is 11.6 Å². The van der Waals surface area contributed by atoms with Gasteiger partial charge in [0.2, 0.25) is 11.8 Å². The van der Waals surface area contributed by atoms with Crippen molar-refractivity contribution < 1.29 is 9.59 Å². The highest BCUT2D eigenvalue weighted by atomic mass is 16.2. The summed E-state index contributed by atoms with van der Waals surface area (Å²) >= 11 is 0. The quantitative estimate of drug-likeness (QED) is 0.805. The van der Waals surface area contributed by atoms with Crippen molar-refractivity contribution in [1.82, 2.24) is 10.2 Å². The highest BCUT2D eigenvalue weighted by Gasteiger charge is 2.52. The number of piperazine rings is 1. The molecule has 1 aliphatic carbocycles. The summed E-state index contributed by atoms with van der Waals surface area (Å²) in [5.74, 6) is 0.264. The summed E-state index contributed by atoms with van der Waals surface area (Å²) in [6.07, 6.45) is 8.73. The van der Waals surface area contributed by atoms with Crippen LogP contribution >= 0.6 is 0 Å². The number of allylic oxidation sites excluding steroid dienone is 1. The fraction of sp³-hybridized carbons (Fsp3) is 0.750. The predicted octanol–water partition coefficient (Wildman–Crippen LogP) is 2.25. The lowest BCUT2D eigenvalue weighted by Gasteiger charge is -2.50. The lowest BCUT2D eigenvalue weighted by Crippen LogP contribution is -2.72. The molecular weight excluding hydrogens is 252 g/mol. The first-order valence-electron chi connectivity index (χ1n) is 7.76. The fourth-order valence-corrected chi connectivity index (χ4v) is 3.40. The maximum absolute atomic E-state index is 12.8. The Morgan fingerprint density at radius 2 is 1.95 bits per heavy atom. The second-order valence-electron chi connectivity index (χ2n) is 6.31. The van der Waals surface area contributed by atoms with Gasteiger partial charge in [-0.3, -0.25) is 9.59 Å². The molecule has 0 radical (unpaired) electrons. The zero-order valence-electron chi connectivity index (χ0n) is 12.8. The molecule has 0 aromatic carbocycles. The summed E-state index contributed by atoms with van der Waals surface area (Å²) in [7, 11) is 0. The van der Waals surface area contributed by atoms with E-state index in [0.717, 1.165) is 32.1 Å². The third-order valence-corrected chi connectivity index (χ3v) is 4.63. The zero-order chi connectivity index (χ0) is 14.8. The lowest BCUT2D eigenvalue weighted by atomic mass is 9.76. The number of carbonyl (C=O) groups is 2. The van der Waals surface area contributed by atoms with Crippen molar-refractivity contribution in [2.24, 2.45) is 5.92 Å². The number of nitrogens with zero attached hydrogens (tertiary/aromatic N) is 1. The summed E-state index contributed by atoms with van der Waals surface area (Å²) in [6.45, 7) is 6.46. The maximum atomic E-state index is 12.8. The standard InChI is InChI=1S/C16H26N2O2/c1-4-5-11-18-14(19)13(12(2)3)17-15(20)16(18)9-7-6-8-10-16/h4-5,12-13H,6-11H2,1-3H3,(H,17,20)/b5-4+. The third-order valence-electron chi connectivity index (χ3n) is 4.63. The molecule has 112 valence electrons. The van der Waals surface area contributed by atoms with E-state index in [9.17, 15) is 9.59 Å². The van der Waals surface area contributed by atoms with Crippen LogP contribution in [-0.4, -0.2) is 34.8 Å². The van der Waals surface area contributed by atoms with Gasteiger partial charge in [-0.05, 0) is 25.7 Å². The Morgan fingerprint density at radius 1 is 1.30 bits per heavy atom. The van der Waals surface area contributed by atoms with E-state index in [-0.39, 0.29) is 23.8 Å². The topological polar surface area (TPSA) is 49.4 Å². The van der Waals surface area contributed by atoms with Crippen molar-refractivity contribution in [2.75, 3.05) is 6.54 Å². The molecule has 2 amide bonds. The van der Waals surface area contributed by atoms with E-state index >= 15 is 0 Å². The largest absolute Gasteiger partial charge is 0.342 e. The minimum absolute atomic E-state index is 0.0556. The van der Waals surface area contributed by atoms with Crippen LogP contribution in [0.4, 0.5) is 0 Å². The van der Waals surface area contributed by atoms with Crippen molar-refractivity contribution in [3.05, 3.63) is 12.2 Å². The summed E-state index contributed by atoms with van der Waals surface area (Å²) in [4.78, 5) is 27.3. The van der Waals surface area contributed by atoms with E-state index in [1.165, 1.54) is 0 Å². The van der Waals surface area contributed by atoms with Crippen molar-refractivity contribution in [2.45, 2.75) is 64.5 Å². The predicted molar refractivity (Wildman–Crippen MR) is 79.1 cm³/mol. The van der Waals surface area contributed by atoms with Crippen LogP contribution in [0.3, 0.4) is 0 Å². The van der Waals surface area contributed by atoms with Gasteiger partial charge < -0.3 is 10.2 Å². The normalized spacial score (nSPS) is 26.6. The molecule has 1 aliphatic heterocycles. The first kappa shape index (κ1) is 15.1. The van der Waals surface area contributed by atoms with Crippen LogP contribution in [0, 0.1) is 5.92 Å². The minimum Gasteiger partial charge on any atom is -0.342 e. The highest BCUT2D eigenvalue weighted by Crippen LogP contribution is 2.37. The van der Waals surface area contributed by atoms with E-state index in [1.54, 1.807) is 0 Å². The van der Waals surface area contributed by atoms with Crippen molar-refractivity contribution in [3.8, 4) is 0 Å². The average Bonchev–Trinajstić information content (AvgIpc) is 2.44. The van der Waals surface area contributed by atoms with E-state index in [0.29, 0.717) is 6.54 Å². The van der Waals surface area contributed by atoms with E-state index in [1.807, 2.05) is 37.8 Å². The van der Waals surface area contributed by atoms with Gasteiger partial charge >= 0.3 is 0 Å². The van der Waals surface area contributed by atoms with Gasteiger partial charge in [0, 0.05) is 6.54 Å². The number of hydrogen-bond donors (Lipinski definition) is 1. The van der Waals surface area contributed by atoms with Gasteiger partial charge in [-0.25, -0.2) is 0 Å². The van der Waals surface area contributed by atoms with Gasteiger partial charge in [-0.15, -0.1) is 0 Å². The van der Waals surface area contributed by atoms with E-state index in [4.69, 9.17) is 0 Å². The molecule has 1 saturated carbocycles. The summed E-state index contributed by atoms with van der Waals surface area (Å²) in [6, 6.07) is -0.375. The van der Waals surface area contributed by atoms with Crippen molar-refractivity contribution >= 4 is 11.8 Å². The molecular formula is C16H26N2O2. The van der Waals surface area contributed by atoms with Crippen LogP contribution < -0.4 is 5.32 Å². The van der Waals surface area contributed by atoms with Crippen LogP contribution in [0.2, 0.25) is 0 Å². The third kappa shape index (κ3) is 2.48. The number of rotatable bonds is 3. The van der Waals surface area contributed by atoms with Crippen LogP contribution in [0.5, 0.6) is 0 Å². The number of hydrogen-bond acceptors (Lipinski definition) is 2. The molecule has 2 rings (SSSR count). The van der Waals surface area contributed by atoms with Crippen LogP contribution in [0.25, 0.3) is 0 Å². The van der Waals surface area contributed by atoms with Gasteiger partial charge in [0.25, 0.3) is 0 Å². The number of carbonyl (C=O) groups excluding carboxylic acids is 2. The Balaban J connectivity index is 2.33. The minimum atomic E-state index is -0.597. The molecule has 2 fully saturated rings. The van der Waals surface area contributed by atoms with Crippen molar-refractivity contribution in [3.63, 3.8) is 0 Å². The first-order valence-corrected chi connectivity index (χ1v) is 7.76. The fourth-order valence-electron chi connectivity index (χ4n) is 3.40. The number of amides is 2. The lowest BCUT2D eigenvalue weighted by molar-refractivity contribution is -0.160. The average molecular weight is 278 g/mol.